The fourth-order valence-electron chi connectivity index (χ4n) is 9.33. The molecule has 1 saturated heterocycles. The van der Waals surface area contributed by atoms with E-state index in [9.17, 15) is 40.5 Å². The maximum atomic E-state index is 13.1. The SMILES string of the molecule is CCCCCCCCCCCCCCCCCCCCCCCCCCCCCCCCC(O)C(=O)NC(COC1OC(CO)C(O)C(O)C1O)C(O)C(O)CCCCCCCCCC. The minimum atomic E-state index is -1.66. The molecule has 0 bridgehead atoms. The Morgan fingerprint density at radius 2 is 0.800 bits per heavy atom. The molecular formula is C54H107NO10. The van der Waals surface area contributed by atoms with Gasteiger partial charge in [-0.25, -0.2) is 0 Å². The highest BCUT2D eigenvalue weighted by Gasteiger charge is 2.44. The molecule has 1 aliphatic rings. The van der Waals surface area contributed by atoms with Crippen LogP contribution in [0.25, 0.3) is 0 Å². The van der Waals surface area contributed by atoms with Crippen LogP contribution in [0.3, 0.4) is 0 Å². The first-order valence-corrected chi connectivity index (χ1v) is 27.9. The zero-order valence-electron chi connectivity index (χ0n) is 42.2. The van der Waals surface area contributed by atoms with Crippen molar-refractivity contribution in [3.05, 3.63) is 0 Å². The normalized spacial score (nSPS) is 20.8. The first kappa shape index (κ1) is 62.1. The van der Waals surface area contributed by atoms with Crippen LogP contribution < -0.4 is 5.32 Å². The Labute approximate surface area is 399 Å². The van der Waals surface area contributed by atoms with E-state index in [0.717, 1.165) is 38.5 Å². The highest BCUT2D eigenvalue weighted by molar-refractivity contribution is 5.80. The van der Waals surface area contributed by atoms with E-state index >= 15 is 0 Å². The molecule has 9 unspecified atom stereocenters. The van der Waals surface area contributed by atoms with Crippen molar-refractivity contribution < 1.29 is 50.0 Å². The molecule has 0 aliphatic carbocycles. The van der Waals surface area contributed by atoms with Crippen molar-refractivity contribution in [3.8, 4) is 0 Å². The van der Waals surface area contributed by atoms with Crippen molar-refractivity contribution in [2.45, 2.75) is 326 Å². The molecule has 388 valence electrons. The van der Waals surface area contributed by atoms with Crippen LogP contribution in [0.2, 0.25) is 0 Å². The Morgan fingerprint density at radius 3 is 1.14 bits per heavy atom. The molecule has 0 aromatic carbocycles. The summed E-state index contributed by atoms with van der Waals surface area (Å²) < 4.78 is 11.1. The molecule has 0 saturated carbocycles. The maximum absolute atomic E-state index is 13.1. The van der Waals surface area contributed by atoms with Crippen LogP contribution in [0.4, 0.5) is 0 Å². The first-order valence-electron chi connectivity index (χ1n) is 27.9. The summed E-state index contributed by atoms with van der Waals surface area (Å²) in [4.78, 5) is 13.1. The number of rotatable bonds is 48. The summed E-state index contributed by atoms with van der Waals surface area (Å²) in [5, 5.41) is 75.6. The van der Waals surface area contributed by atoms with Gasteiger partial charge in [0.15, 0.2) is 6.29 Å². The quantitative estimate of drug-likeness (QED) is 0.0273. The highest BCUT2D eigenvalue weighted by atomic mass is 16.7. The number of aliphatic hydroxyl groups excluding tert-OH is 7. The van der Waals surface area contributed by atoms with Gasteiger partial charge in [0, 0.05) is 0 Å². The van der Waals surface area contributed by atoms with E-state index in [1.165, 1.54) is 193 Å². The molecule has 0 radical (unpaired) electrons. The third kappa shape index (κ3) is 33.3. The second-order valence-corrected chi connectivity index (χ2v) is 20.0. The Kier molecular flexibility index (Phi) is 42.4. The highest BCUT2D eigenvalue weighted by Crippen LogP contribution is 2.23. The van der Waals surface area contributed by atoms with Crippen LogP contribution in [0.5, 0.6) is 0 Å². The fraction of sp³-hybridized carbons (Fsp3) is 0.981. The van der Waals surface area contributed by atoms with Crippen molar-refractivity contribution in [1.82, 2.24) is 5.32 Å². The Balaban J connectivity index is 2.14. The van der Waals surface area contributed by atoms with Gasteiger partial charge in [-0.05, 0) is 12.8 Å². The third-order valence-electron chi connectivity index (χ3n) is 13.9. The molecule has 9 atom stereocenters. The Hall–Kier alpha value is -0.890. The van der Waals surface area contributed by atoms with Gasteiger partial charge < -0.3 is 50.5 Å². The van der Waals surface area contributed by atoms with E-state index in [1.807, 2.05) is 0 Å². The Bertz CT molecular complexity index is 1020. The largest absolute Gasteiger partial charge is 0.394 e. The number of unbranched alkanes of at least 4 members (excludes halogenated alkanes) is 36. The lowest BCUT2D eigenvalue weighted by Gasteiger charge is -2.40. The van der Waals surface area contributed by atoms with Crippen LogP contribution in [-0.2, 0) is 14.3 Å². The number of nitrogens with one attached hydrogen (secondary N) is 1. The van der Waals surface area contributed by atoms with Gasteiger partial charge in [-0.2, -0.15) is 0 Å². The molecule has 65 heavy (non-hydrogen) atoms. The van der Waals surface area contributed by atoms with Crippen LogP contribution in [0.15, 0.2) is 0 Å². The molecule has 11 heteroatoms. The summed E-state index contributed by atoms with van der Waals surface area (Å²) in [6.45, 7) is 3.43. The second kappa shape index (κ2) is 44.3. The summed E-state index contributed by atoms with van der Waals surface area (Å²) in [6, 6.07) is -1.16. The van der Waals surface area contributed by atoms with E-state index in [4.69, 9.17) is 9.47 Å². The number of aliphatic hydroxyl groups is 7. The zero-order valence-corrected chi connectivity index (χ0v) is 42.2. The van der Waals surface area contributed by atoms with Gasteiger partial charge in [0.2, 0.25) is 5.91 Å². The second-order valence-electron chi connectivity index (χ2n) is 20.0. The molecule has 0 spiro atoms. The lowest BCUT2D eigenvalue weighted by molar-refractivity contribution is -0.303. The van der Waals surface area contributed by atoms with Gasteiger partial charge in [0.25, 0.3) is 0 Å². The number of hydrogen-bond acceptors (Lipinski definition) is 10. The summed E-state index contributed by atoms with van der Waals surface area (Å²) >= 11 is 0. The number of ether oxygens (including phenoxy) is 2. The third-order valence-corrected chi connectivity index (χ3v) is 13.9. The van der Waals surface area contributed by atoms with E-state index in [-0.39, 0.29) is 6.42 Å². The maximum Gasteiger partial charge on any atom is 0.249 e. The minimum absolute atomic E-state index is 0.266. The van der Waals surface area contributed by atoms with Gasteiger partial charge >= 0.3 is 0 Å². The summed E-state index contributed by atoms with van der Waals surface area (Å²) in [7, 11) is 0. The van der Waals surface area contributed by atoms with Crippen LogP contribution in [-0.4, -0.2) is 110 Å². The fourth-order valence-corrected chi connectivity index (χ4v) is 9.33. The number of amides is 1. The molecular weight excluding hydrogens is 823 g/mol. The molecule has 0 aromatic rings. The van der Waals surface area contributed by atoms with Crippen LogP contribution in [0, 0.1) is 0 Å². The minimum Gasteiger partial charge on any atom is -0.394 e. The standard InChI is InChI=1S/C54H107NO10/c1-3-5-7-9-11-13-14-15-16-17-18-19-20-21-22-23-24-25-26-27-28-29-30-31-32-33-34-36-38-40-42-47(58)53(63)55-45(44-64-54-52(62)51(61)50(60)48(43-56)65-54)49(59)46(57)41-39-37-35-12-10-8-6-4-2/h45-52,54,56-62H,3-44H2,1-2H3,(H,55,63). The topological polar surface area (TPSA) is 189 Å². The lowest BCUT2D eigenvalue weighted by atomic mass is 9.98. The molecule has 1 aliphatic heterocycles. The van der Waals surface area contributed by atoms with Gasteiger partial charge in [0.05, 0.1) is 25.4 Å². The van der Waals surface area contributed by atoms with Gasteiger partial charge in [0.1, 0.15) is 36.6 Å². The van der Waals surface area contributed by atoms with Crippen LogP contribution in [0.1, 0.15) is 271 Å². The van der Waals surface area contributed by atoms with Crippen molar-refractivity contribution >= 4 is 5.91 Å². The summed E-state index contributed by atoms with van der Waals surface area (Å²) in [5.74, 6) is -0.693. The molecule has 11 nitrogen and oxygen atoms in total. The molecule has 1 heterocycles. The van der Waals surface area contributed by atoms with Crippen molar-refractivity contribution in [2.24, 2.45) is 0 Å². The Morgan fingerprint density at radius 1 is 0.477 bits per heavy atom. The number of carbonyl (C=O) groups is 1. The number of carbonyl (C=O) groups excluding carboxylic acids is 1. The predicted molar refractivity (Wildman–Crippen MR) is 266 cm³/mol. The summed E-state index contributed by atoms with van der Waals surface area (Å²) in [5.41, 5.74) is 0. The van der Waals surface area contributed by atoms with Gasteiger partial charge in [-0.3, -0.25) is 4.79 Å². The molecule has 1 rings (SSSR count). The zero-order chi connectivity index (χ0) is 47.6. The van der Waals surface area contributed by atoms with Gasteiger partial charge in [-0.15, -0.1) is 0 Å². The average molecular weight is 930 g/mol. The van der Waals surface area contributed by atoms with Crippen LogP contribution >= 0.6 is 0 Å². The van der Waals surface area contributed by atoms with E-state index in [0.29, 0.717) is 19.3 Å². The van der Waals surface area contributed by atoms with E-state index < -0.39 is 74.2 Å². The van der Waals surface area contributed by atoms with E-state index in [2.05, 4.69) is 19.2 Å². The molecule has 0 aromatic heterocycles. The summed E-state index contributed by atoms with van der Waals surface area (Å²) in [6.07, 6.45) is 37.8. The smallest absolute Gasteiger partial charge is 0.249 e. The molecule has 1 fully saturated rings. The lowest BCUT2D eigenvalue weighted by Crippen LogP contribution is -2.60. The average Bonchev–Trinajstić information content (AvgIpc) is 3.31. The predicted octanol–water partition coefficient (Wildman–Crippen LogP) is 11.0. The van der Waals surface area contributed by atoms with Crippen molar-refractivity contribution in [1.29, 1.82) is 0 Å². The molecule has 8 N–H and O–H groups in total. The van der Waals surface area contributed by atoms with Crippen molar-refractivity contribution in [3.63, 3.8) is 0 Å². The van der Waals surface area contributed by atoms with Gasteiger partial charge in [-0.1, -0.05) is 258 Å². The van der Waals surface area contributed by atoms with E-state index in [1.54, 1.807) is 0 Å². The first-order chi connectivity index (χ1) is 31.7. The number of hydrogen-bond donors (Lipinski definition) is 8. The molecule has 1 amide bonds. The monoisotopic (exact) mass is 930 g/mol. The van der Waals surface area contributed by atoms with Crippen molar-refractivity contribution in [2.75, 3.05) is 13.2 Å².